The first-order chi connectivity index (χ1) is 7.27. The molecule has 0 unspecified atom stereocenters. The second kappa shape index (κ2) is 11.3. The molecule has 0 saturated carbocycles. The van der Waals surface area contributed by atoms with Crippen molar-refractivity contribution < 1.29 is 9.90 Å². The second-order valence-corrected chi connectivity index (χ2v) is 3.96. The van der Waals surface area contributed by atoms with Crippen molar-refractivity contribution in [3.63, 3.8) is 0 Å². The van der Waals surface area contributed by atoms with Crippen molar-refractivity contribution in [1.29, 1.82) is 0 Å². The van der Waals surface area contributed by atoms with Gasteiger partial charge in [0.05, 0.1) is 0 Å². The van der Waals surface area contributed by atoms with Crippen LogP contribution in [0.2, 0.25) is 0 Å². The molecule has 0 aromatic heterocycles. The normalized spacial score (nSPS) is 11.0. The van der Waals surface area contributed by atoms with Crippen molar-refractivity contribution in [3.8, 4) is 0 Å². The number of rotatable bonds is 10. The summed E-state index contributed by atoms with van der Waals surface area (Å²) in [5, 5.41) is 8.40. The van der Waals surface area contributed by atoms with Crippen LogP contribution in [0.25, 0.3) is 0 Å². The molecule has 0 saturated heterocycles. The van der Waals surface area contributed by atoms with E-state index in [9.17, 15) is 4.79 Å². The number of carboxylic acid groups (broad SMARTS) is 1. The zero-order chi connectivity index (χ0) is 11.4. The number of hydrogen-bond donors (Lipinski definition) is 1. The third-order valence-electron chi connectivity index (χ3n) is 2.42. The van der Waals surface area contributed by atoms with E-state index < -0.39 is 5.97 Å². The molecule has 15 heavy (non-hydrogen) atoms. The first-order valence-electron chi connectivity index (χ1n) is 6.14. The van der Waals surface area contributed by atoms with Crippen LogP contribution in [-0.2, 0) is 4.79 Å². The Labute approximate surface area is 93.4 Å². The summed E-state index contributed by atoms with van der Waals surface area (Å²) in [6.45, 7) is 2.23. The lowest BCUT2D eigenvalue weighted by Gasteiger charge is -1.97. The predicted molar refractivity (Wildman–Crippen MR) is 64.0 cm³/mol. The molecule has 2 heteroatoms. The molecule has 0 aliphatic carbocycles. The van der Waals surface area contributed by atoms with Crippen LogP contribution in [0, 0.1) is 0 Å². The zero-order valence-electron chi connectivity index (χ0n) is 9.87. The maximum atomic E-state index is 10.2. The standard InChI is InChI=1S/C13H24O2/c1-2-3-4-5-6-7-8-9-10-11-12-13(14)15/h9-10H,2-8,11-12H2,1H3,(H,14,15). The molecule has 1 N–H and O–H groups in total. The van der Waals surface area contributed by atoms with Crippen LogP contribution in [0.4, 0.5) is 0 Å². The molecule has 0 heterocycles. The third-order valence-corrected chi connectivity index (χ3v) is 2.42. The fraction of sp³-hybridized carbons (Fsp3) is 0.769. The molecule has 0 aliphatic heterocycles. The van der Waals surface area contributed by atoms with Gasteiger partial charge in [-0.05, 0) is 19.3 Å². The molecular formula is C13H24O2. The summed E-state index contributed by atoms with van der Waals surface area (Å²) in [5.74, 6) is -0.709. The summed E-state index contributed by atoms with van der Waals surface area (Å²) in [6, 6.07) is 0. The van der Waals surface area contributed by atoms with Gasteiger partial charge in [-0.1, -0.05) is 51.2 Å². The van der Waals surface area contributed by atoms with Gasteiger partial charge in [-0.2, -0.15) is 0 Å². The molecule has 0 aromatic rings. The van der Waals surface area contributed by atoms with Gasteiger partial charge in [-0.3, -0.25) is 4.79 Å². The Balaban J connectivity index is 3.06. The van der Waals surface area contributed by atoms with Gasteiger partial charge in [0.1, 0.15) is 0 Å². The van der Waals surface area contributed by atoms with Crippen molar-refractivity contribution in [2.45, 2.75) is 64.7 Å². The average molecular weight is 212 g/mol. The number of hydrogen-bond acceptors (Lipinski definition) is 1. The Morgan fingerprint density at radius 2 is 1.60 bits per heavy atom. The Morgan fingerprint density at radius 3 is 2.27 bits per heavy atom. The summed E-state index contributed by atoms with van der Waals surface area (Å²) in [6.07, 6.45) is 14.0. The monoisotopic (exact) mass is 212 g/mol. The first kappa shape index (κ1) is 14.2. The van der Waals surface area contributed by atoms with E-state index in [1.54, 1.807) is 0 Å². The summed E-state index contributed by atoms with van der Waals surface area (Å²) in [4.78, 5) is 10.2. The van der Waals surface area contributed by atoms with Crippen LogP contribution in [0.15, 0.2) is 12.2 Å². The Bertz CT molecular complexity index is 173. The molecule has 0 spiro atoms. The highest BCUT2D eigenvalue weighted by molar-refractivity contribution is 5.66. The SMILES string of the molecule is CCCCCCCCC=CCCC(=O)O. The van der Waals surface area contributed by atoms with E-state index >= 15 is 0 Å². The zero-order valence-corrected chi connectivity index (χ0v) is 9.87. The minimum absolute atomic E-state index is 0.257. The van der Waals surface area contributed by atoms with Gasteiger partial charge in [0.15, 0.2) is 0 Å². The number of carboxylic acids is 1. The molecule has 2 nitrogen and oxygen atoms in total. The predicted octanol–water partition coefficient (Wildman–Crippen LogP) is 4.16. The van der Waals surface area contributed by atoms with Crippen LogP contribution < -0.4 is 0 Å². The van der Waals surface area contributed by atoms with Gasteiger partial charge in [-0.25, -0.2) is 0 Å². The Morgan fingerprint density at radius 1 is 1.00 bits per heavy atom. The molecule has 0 rings (SSSR count). The van der Waals surface area contributed by atoms with Crippen molar-refractivity contribution in [2.75, 3.05) is 0 Å². The van der Waals surface area contributed by atoms with E-state index in [0.717, 1.165) is 6.42 Å². The van der Waals surface area contributed by atoms with E-state index in [0.29, 0.717) is 6.42 Å². The van der Waals surface area contributed by atoms with Crippen LogP contribution >= 0.6 is 0 Å². The number of unbranched alkanes of at least 4 members (excludes halogenated alkanes) is 6. The van der Waals surface area contributed by atoms with Gasteiger partial charge in [0.25, 0.3) is 0 Å². The highest BCUT2D eigenvalue weighted by atomic mass is 16.4. The molecule has 0 bridgehead atoms. The lowest BCUT2D eigenvalue weighted by atomic mass is 10.1. The highest BCUT2D eigenvalue weighted by Gasteiger charge is 1.91. The highest BCUT2D eigenvalue weighted by Crippen LogP contribution is 2.07. The number of aliphatic carboxylic acids is 1. The smallest absolute Gasteiger partial charge is 0.303 e. The molecule has 0 amide bonds. The molecule has 0 atom stereocenters. The lowest BCUT2D eigenvalue weighted by Crippen LogP contribution is -1.91. The minimum atomic E-state index is -0.709. The van der Waals surface area contributed by atoms with Gasteiger partial charge in [-0.15, -0.1) is 0 Å². The summed E-state index contributed by atoms with van der Waals surface area (Å²) in [7, 11) is 0. The number of allylic oxidation sites excluding steroid dienone is 2. The van der Waals surface area contributed by atoms with Gasteiger partial charge >= 0.3 is 5.97 Å². The van der Waals surface area contributed by atoms with Crippen molar-refractivity contribution in [1.82, 2.24) is 0 Å². The Hall–Kier alpha value is -0.790. The summed E-state index contributed by atoms with van der Waals surface area (Å²) in [5.41, 5.74) is 0. The van der Waals surface area contributed by atoms with E-state index in [4.69, 9.17) is 5.11 Å². The maximum Gasteiger partial charge on any atom is 0.303 e. The van der Waals surface area contributed by atoms with Gasteiger partial charge in [0.2, 0.25) is 0 Å². The van der Waals surface area contributed by atoms with Gasteiger partial charge in [0, 0.05) is 6.42 Å². The molecule has 0 aliphatic rings. The topological polar surface area (TPSA) is 37.3 Å². The second-order valence-electron chi connectivity index (χ2n) is 3.96. The van der Waals surface area contributed by atoms with Crippen molar-refractivity contribution >= 4 is 5.97 Å². The van der Waals surface area contributed by atoms with E-state index in [1.807, 2.05) is 6.08 Å². The fourth-order valence-electron chi connectivity index (χ4n) is 1.49. The average Bonchev–Trinajstić information content (AvgIpc) is 2.20. The minimum Gasteiger partial charge on any atom is -0.481 e. The molecule has 0 aromatic carbocycles. The van der Waals surface area contributed by atoms with Crippen LogP contribution in [0.1, 0.15) is 64.7 Å². The van der Waals surface area contributed by atoms with Crippen LogP contribution in [0.5, 0.6) is 0 Å². The Kier molecular flexibility index (Phi) is 10.7. The van der Waals surface area contributed by atoms with Crippen molar-refractivity contribution in [3.05, 3.63) is 12.2 Å². The van der Waals surface area contributed by atoms with E-state index in [-0.39, 0.29) is 6.42 Å². The number of carbonyl (C=O) groups is 1. The summed E-state index contributed by atoms with van der Waals surface area (Å²) < 4.78 is 0. The third kappa shape index (κ3) is 13.2. The van der Waals surface area contributed by atoms with Crippen molar-refractivity contribution in [2.24, 2.45) is 0 Å². The van der Waals surface area contributed by atoms with Crippen LogP contribution in [0.3, 0.4) is 0 Å². The summed E-state index contributed by atoms with van der Waals surface area (Å²) >= 11 is 0. The molecule has 0 radical (unpaired) electrons. The van der Waals surface area contributed by atoms with E-state index in [1.165, 1.54) is 38.5 Å². The van der Waals surface area contributed by atoms with Gasteiger partial charge < -0.3 is 5.11 Å². The molecule has 0 fully saturated rings. The van der Waals surface area contributed by atoms with Crippen LogP contribution in [-0.4, -0.2) is 11.1 Å². The quantitative estimate of drug-likeness (QED) is 0.436. The largest absolute Gasteiger partial charge is 0.481 e. The molecular weight excluding hydrogens is 188 g/mol. The lowest BCUT2D eigenvalue weighted by molar-refractivity contribution is -0.136. The fourth-order valence-corrected chi connectivity index (χ4v) is 1.49. The van der Waals surface area contributed by atoms with E-state index in [2.05, 4.69) is 13.0 Å². The molecule has 88 valence electrons. The first-order valence-corrected chi connectivity index (χ1v) is 6.14. The maximum absolute atomic E-state index is 10.2.